The van der Waals surface area contributed by atoms with Crippen LogP contribution in [0, 0.1) is 6.92 Å². The second-order valence-electron chi connectivity index (χ2n) is 6.46. The molecule has 0 saturated carbocycles. The van der Waals surface area contributed by atoms with Crippen molar-refractivity contribution < 1.29 is 13.2 Å². The third-order valence-corrected chi connectivity index (χ3v) is 6.26. The second kappa shape index (κ2) is 7.54. The molecular formula is C19H24N2O3S. The molecule has 1 aliphatic heterocycles. The minimum atomic E-state index is -3.47. The summed E-state index contributed by atoms with van der Waals surface area (Å²) in [6.07, 6.45) is 4.26. The van der Waals surface area contributed by atoms with Crippen LogP contribution in [0.4, 0.5) is 0 Å². The summed E-state index contributed by atoms with van der Waals surface area (Å²) in [4.78, 5) is 4.57. The Hall–Kier alpha value is -1.92. The van der Waals surface area contributed by atoms with Gasteiger partial charge in [0, 0.05) is 18.8 Å². The van der Waals surface area contributed by atoms with Crippen LogP contribution in [0.5, 0.6) is 5.88 Å². The molecule has 0 radical (unpaired) electrons. The van der Waals surface area contributed by atoms with Crippen molar-refractivity contribution in [1.29, 1.82) is 0 Å². The number of pyridine rings is 1. The maximum Gasteiger partial charge on any atom is 0.243 e. The van der Waals surface area contributed by atoms with E-state index in [-0.39, 0.29) is 6.10 Å². The average Bonchev–Trinajstić information content (AvgIpc) is 3.07. The summed E-state index contributed by atoms with van der Waals surface area (Å²) in [6.45, 7) is 4.90. The van der Waals surface area contributed by atoms with Gasteiger partial charge in [-0.05, 0) is 43.0 Å². The van der Waals surface area contributed by atoms with Crippen molar-refractivity contribution in [2.75, 3.05) is 13.1 Å². The zero-order valence-corrected chi connectivity index (χ0v) is 15.5. The molecule has 0 aliphatic carbocycles. The molecule has 3 rings (SSSR count). The molecule has 1 aromatic carbocycles. The van der Waals surface area contributed by atoms with Gasteiger partial charge in [0.2, 0.25) is 15.9 Å². The van der Waals surface area contributed by atoms with Crippen LogP contribution in [0.15, 0.2) is 47.5 Å². The van der Waals surface area contributed by atoms with Crippen molar-refractivity contribution in [1.82, 2.24) is 9.29 Å². The van der Waals surface area contributed by atoms with Crippen LogP contribution in [-0.2, 0) is 16.4 Å². The topological polar surface area (TPSA) is 59.5 Å². The van der Waals surface area contributed by atoms with Crippen molar-refractivity contribution in [3.8, 4) is 5.88 Å². The third kappa shape index (κ3) is 4.19. The van der Waals surface area contributed by atoms with E-state index < -0.39 is 10.0 Å². The first-order chi connectivity index (χ1) is 12.0. The van der Waals surface area contributed by atoms with Gasteiger partial charge in [0.05, 0.1) is 11.4 Å². The number of aryl methyl sites for hydroxylation is 2. The lowest BCUT2D eigenvalue weighted by molar-refractivity contribution is 0.207. The molecule has 0 N–H and O–H groups in total. The summed E-state index contributed by atoms with van der Waals surface area (Å²) >= 11 is 0. The molecule has 25 heavy (non-hydrogen) atoms. The predicted octanol–water partition coefficient (Wildman–Crippen LogP) is 3.18. The Balaban J connectivity index is 1.66. The van der Waals surface area contributed by atoms with Gasteiger partial charge in [-0.25, -0.2) is 13.4 Å². The van der Waals surface area contributed by atoms with E-state index in [1.54, 1.807) is 18.3 Å². The zero-order valence-electron chi connectivity index (χ0n) is 14.7. The van der Waals surface area contributed by atoms with Gasteiger partial charge in [-0.3, -0.25) is 0 Å². The highest BCUT2D eigenvalue weighted by molar-refractivity contribution is 7.89. The predicted molar refractivity (Wildman–Crippen MR) is 97.2 cm³/mol. The molecule has 1 atom stereocenters. The Kier molecular flexibility index (Phi) is 5.39. The van der Waals surface area contributed by atoms with E-state index >= 15 is 0 Å². The molecule has 1 aromatic heterocycles. The lowest BCUT2D eigenvalue weighted by atomic mass is 10.1. The molecule has 1 aliphatic rings. The minimum Gasteiger partial charge on any atom is -0.473 e. The van der Waals surface area contributed by atoms with Gasteiger partial charge in [-0.15, -0.1) is 0 Å². The minimum absolute atomic E-state index is 0.163. The van der Waals surface area contributed by atoms with Crippen LogP contribution >= 0.6 is 0 Å². The summed E-state index contributed by atoms with van der Waals surface area (Å²) in [7, 11) is -3.47. The second-order valence-corrected chi connectivity index (χ2v) is 8.40. The summed E-state index contributed by atoms with van der Waals surface area (Å²) in [6, 6.07) is 11.0. The van der Waals surface area contributed by atoms with Gasteiger partial charge < -0.3 is 4.74 Å². The number of hydrogen-bond donors (Lipinski definition) is 0. The Bertz CT molecular complexity index is 802. The first-order valence-electron chi connectivity index (χ1n) is 8.67. The fourth-order valence-electron chi connectivity index (χ4n) is 2.97. The smallest absolute Gasteiger partial charge is 0.243 e. The van der Waals surface area contributed by atoms with E-state index in [0.29, 0.717) is 30.3 Å². The number of nitrogens with zero attached hydrogens (tertiary/aromatic N) is 2. The van der Waals surface area contributed by atoms with E-state index in [9.17, 15) is 8.42 Å². The molecule has 0 amide bonds. The van der Waals surface area contributed by atoms with Crippen LogP contribution in [0.3, 0.4) is 0 Å². The number of ether oxygens (including phenoxy) is 1. The molecule has 1 unspecified atom stereocenters. The summed E-state index contributed by atoms with van der Waals surface area (Å²) in [5.74, 6) is 0.541. The standard InChI is InChI=1S/C19H24N2O3S/c1-3-4-16-6-8-18(9-7-16)25(22,23)21-12-11-17(14-21)24-19-10-5-15(2)13-20-19/h5-10,13,17H,3-4,11-12,14H2,1-2H3. The highest BCUT2D eigenvalue weighted by atomic mass is 32.2. The van der Waals surface area contributed by atoms with E-state index in [1.807, 2.05) is 31.2 Å². The fourth-order valence-corrected chi connectivity index (χ4v) is 4.46. The summed E-state index contributed by atoms with van der Waals surface area (Å²) in [5.41, 5.74) is 2.23. The molecule has 134 valence electrons. The van der Waals surface area contributed by atoms with E-state index in [1.165, 1.54) is 4.31 Å². The fraction of sp³-hybridized carbons (Fsp3) is 0.421. The molecule has 0 spiro atoms. The molecular weight excluding hydrogens is 336 g/mol. The molecule has 1 fully saturated rings. The van der Waals surface area contributed by atoms with E-state index in [4.69, 9.17) is 4.74 Å². The van der Waals surface area contributed by atoms with Gasteiger partial charge in [0.15, 0.2) is 0 Å². The molecule has 5 nitrogen and oxygen atoms in total. The normalized spacial score (nSPS) is 18.4. The number of rotatable bonds is 6. The highest BCUT2D eigenvalue weighted by Gasteiger charge is 2.33. The Morgan fingerprint density at radius 3 is 2.60 bits per heavy atom. The van der Waals surface area contributed by atoms with Crippen molar-refractivity contribution >= 4 is 10.0 Å². The number of sulfonamides is 1. The maximum absolute atomic E-state index is 12.8. The highest BCUT2D eigenvalue weighted by Crippen LogP contribution is 2.24. The van der Waals surface area contributed by atoms with Crippen molar-refractivity contribution in [3.63, 3.8) is 0 Å². The maximum atomic E-state index is 12.8. The number of aromatic nitrogens is 1. The zero-order chi connectivity index (χ0) is 17.9. The van der Waals surface area contributed by atoms with Crippen LogP contribution in [-0.4, -0.2) is 36.9 Å². The Labute approximate surface area is 149 Å². The first-order valence-corrected chi connectivity index (χ1v) is 10.1. The average molecular weight is 360 g/mol. The summed E-state index contributed by atoms with van der Waals surface area (Å²) < 4.78 is 32.9. The van der Waals surface area contributed by atoms with Crippen molar-refractivity contribution in [3.05, 3.63) is 53.7 Å². The van der Waals surface area contributed by atoms with Gasteiger partial charge >= 0.3 is 0 Å². The molecule has 6 heteroatoms. The number of hydrogen-bond acceptors (Lipinski definition) is 4. The van der Waals surface area contributed by atoms with Gasteiger partial charge in [-0.1, -0.05) is 31.5 Å². The first kappa shape index (κ1) is 17.9. The van der Waals surface area contributed by atoms with Crippen molar-refractivity contribution in [2.45, 2.75) is 44.1 Å². The van der Waals surface area contributed by atoms with Crippen molar-refractivity contribution in [2.24, 2.45) is 0 Å². The van der Waals surface area contributed by atoms with Gasteiger partial charge in [-0.2, -0.15) is 4.31 Å². The number of benzene rings is 1. The molecule has 2 aromatic rings. The Morgan fingerprint density at radius 1 is 1.20 bits per heavy atom. The lowest BCUT2D eigenvalue weighted by Crippen LogP contribution is -2.31. The van der Waals surface area contributed by atoms with Crippen LogP contribution in [0.2, 0.25) is 0 Å². The quantitative estimate of drug-likeness (QED) is 0.794. The SMILES string of the molecule is CCCc1ccc(S(=O)(=O)N2CCC(Oc3ccc(C)cn3)C2)cc1. The Morgan fingerprint density at radius 2 is 1.96 bits per heavy atom. The van der Waals surface area contributed by atoms with Crippen LogP contribution < -0.4 is 4.74 Å². The van der Waals surface area contributed by atoms with E-state index in [0.717, 1.165) is 24.0 Å². The molecule has 2 heterocycles. The van der Waals surface area contributed by atoms with Gasteiger partial charge in [0.25, 0.3) is 0 Å². The molecule has 1 saturated heterocycles. The largest absolute Gasteiger partial charge is 0.473 e. The lowest BCUT2D eigenvalue weighted by Gasteiger charge is -2.17. The monoisotopic (exact) mass is 360 g/mol. The third-order valence-electron chi connectivity index (χ3n) is 4.38. The van der Waals surface area contributed by atoms with E-state index in [2.05, 4.69) is 11.9 Å². The van der Waals surface area contributed by atoms with Crippen LogP contribution in [0.1, 0.15) is 30.9 Å². The van der Waals surface area contributed by atoms with Gasteiger partial charge in [0.1, 0.15) is 6.10 Å². The summed E-state index contributed by atoms with van der Waals surface area (Å²) in [5, 5.41) is 0. The molecule has 0 bridgehead atoms. The van der Waals surface area contributed by atoms with Crippen LogP contribution in [0.25, 0.3) is 0 Å².